The van der Waals surface area contributed by atoms with Gasteiger partial charge in [-0.2, -0.15) is 0 Å². The molecule has 0 aliphatic heterocycles. The van der Waals surface area contributed by atoms with Crippen LogP contribution >= 0.6 is 15.9 Å². The van der Waals surface area contributed by atoms with Crippen LogP contribution in [-0.2, 0) is 6.42 Å². The zero-order valence-corrected chi connectivity index (χ0v) is 18.9. The Hall–Kier alpha value is -2.40. The lowest BCUT2D eigenvalue weighted by molar-refractivity contribution is 0.415. The third-order valence-electron chi connectivity index (χ3n) is 5.00. The number of alkyl halides is 1. The maximum absolute atomic E-state index is 5.23. The highest BCUT2D eigenvalue weighted by Crippen LogP contribution is 2.29. The normalized spacial score (nSPS) is 11.9. The third-order valence-corrected chi connectivity index (χ3v) is 5.46. The van der Waals surface area contributed by atoms with E-state index in [-0.39, 0.29) is 0 Å². The lowest BCUT2D eigenvalue weighted by Gasteiger charge is -2.30. The maximum Gasteiger partial charge on any atom is 0.155 e. The fourth-order valence-corrected chi connectivity index (χ4v) is 4.04. The molecule has 5 heteroatoms. The molecule has 1 aromatic heterocycles. The molecule has 1 unspecified atom stereocenters. The molecular weight excluding hydrogens is 426 g/mol. The summed E-state index contributed by atoms with van der Waals surface area (Å²) in [5.41, 5.74) is 4.38. The number of hydrogen-bond acceptors (Lipinski definition) is 4. The number of methoxy groups -OCH3 is 1. The molecule has 1 heterocycles. The zero-order chi connectivity index (χ0) is 20.6. The van der Waals surface area contributed by atoms with Crippen LogP contribution in [0.25, 0.3) is 11.3 Å². The summed E-state index contributed by atoms with van der Waals surface area (Å²) >= 11 is 3.58. The van der Waals surface area contributed by atoms with Crippen molar-refractivity contribution in [1.82, 2.24) is 10.2 Å². The summed E-state index contributed by atoms with van der Waals surface area (Å²) in [6.07, 6.45) is 3.27. The summed E-state index contributed by atoms with van der Waals surface area (Å²) in [7, 11) is 1.67. The van der Waals surface area contributed by atoms with E-state index in [1.807, 2.05) is 30.3 Å². The number of rotatable bonds is 9. The Morgan fingerprint density at radius 3 is 2.24 bits per heavy atom. The van der Waals surface area contributed by atoms with Crippen molar-refractivity contribution in [2.75, 3.05) is 17.3 Å². The summed E-state index contributed by atoms with van der Waals surface area (Å²) in [4.78, 5) is 2.27. The third kappa shape index (κ3) is 5.36. The van der Waals surface area contributed by atoms with Gasteiger partial charge in [-0.15, -0.1) is 10.2 Å². The molecule has 0 N–H and O–H groups in total. The molecule has 0 aliphatic carbocycles. The summed E-state index contributed by atoms with van der Waals surface area (Å²) in [6.45, 7) is 4.43. The number of hydrogen-bond donors (Lipinski definition) is 0. The fraction of sp³-hybridized carbons (Fsp3) is 0.333. The van der Waals surface area contributed by atoms with Gasteiger partial charge in [0.2, 0.25) is 0 Å². The van der Waals surface area contributed by atoms with Crippen LogP contribution < -0.4 is 9.64 Å². The van der Waals surface area contributed by atoms with Crippen molar-refractivity contribution < 1.29 is 4.74 Å². The molecule has 0 bridgehead atoms. The highest BCUT2D eigenvalue weighted by molar-refractivity contribution is 9.09. The molecule has 4 nitrogen and oxygen atoms in total. The van der Waals surface area contributed by atoms with Gasteiger partial charge in [0.1, 0.15) is 5.75 Å². The quantitative estimate of drug-likeness (QED) is 0.350. The average Bonchev–Trinajstić information content (AvgIpc) is 2.76. The summed E-state index contributed by atoms with van der Waals surface area (Å²) in [5, 5.41) is 10.0. The van der Waals surface area contributed by atoms with Gasteiger partial charge in [0, 0.05) is 22.6 Å². The highest BCUT2D eigenvalue weighted by Gasteiger charge is 2.18. The Balaban J connectivity index is 1.88. The lowest BCUT2D eigenvalue weighted by Crippen LogP contribution is -2.29. The molecule has 29 heavy (non-hydrogen) atoms. The van der Waals surface area contributed by atoms with Gasteiger partial charge >= 0.3 is 0 Å². The summed E-state index contributed by atoms with van der Waals surface area (Å²) in [6, 6.07) is 21.1. The van der Waals surface area contributed by atoms with Gasteiger partial charge in [-0.05, 0) is 73.9 Å². The SMILES string of the molecule is CCCc1ccc(N(c2ccc(-c3ccc(OC)cc3)nn2)C(C)CCBr)cc1. The van der Waals surface area contributed by atoms with E-state index in [1.165, 1.54) is 5.56 Å². The van der Waals surface area contributed by atoms with Crippen molar-refractivity contribution in [3.8, 4) is 17.0 Å². The molecule has 0 saturated heterocycles. The molecule has 0 saturated carbocycles. The molecule has 152 valence electrons. The van der Waals surface area contributed by atoms with Crippen LogP contribution in [0.15, 0.2) is 60.7 Å². The van der Waals surface area contributed by atoms with Gasteiger partial charge in [0.05, 0.1) is 12.8 Å². The monoisotopic (exact) mass is 453 g/mol. The van der Waals surface area contributed by atoms with Gasteiger partial charge in [0.25, 0.3) is 0 Å². The van der Waals surface area contributed by atoms with E-state index >= 15 is 0 Å². The van der Waals surface area contributed by atoms with E-state index in [2.05, 4.69) is 75.2 Å². The van der Waals surface area contributed by atoms with Crippen molar-refractivity contribution in [1.29, 1.82) is 0 Å². The van der Waals surface area contributed by atoms with Crippen LogP contribution in [0.3, 0.4) is 0 Å². The van der Waals surface area contributed by atoms with Crippen LogP contribution in [0.4, 0.5) is 11.5 Å². The first-order valence-electron chi connectivity index (χ1n) is 10.1. The average molecular weight is 454 g/mol. The number of benzene rings is 2. The summed E-state index contributed by atoms with van der Waals surface area (Å²) < 4.78 is 5.23. The highest BCUT2D eigenvalue weighted by atomic mass is 79.9. The van der Waals surface area contributed by atoms with E-state index < -0.39 is 0 Å². The summed E-state index contributed by atoms with van der Waals surface area (Å²) in [5.74, 6) is 1.69. The molecule has 0 amide bonds. The Labute approximate surface area is 182 Å². The number of aryl methyl sites for hydroxylation is 1. The second-order valence-electron chi connectivity index (χ2n) is 7.12. The van der Waals surface area contributed by atoms with E-state index in [0.29, 0.717) is 6.04 Å². The topological polar surface area (TPSA) is 38.2 Å². The standard InChI is InChI=1S/C24H28BrN3O/c1-4-5-19-6-10-21(11-7-19)28(18(2)16-17-25)24-15-14-23(26-27-24)20-8-12-22(29-3)13-9-20/h6-15,18H,4-5,16-17H2,1-3H3. The van der Waals surface area contributed by atoms with Crippen molar-refractivity contribution in [3.63, 3.8) is 0 Å². The minimum Gasteiger partial charge on any atom is -0.497 e. The van der Waals surface area contributed by atoms with Crippen molar-refractivity contribution >= 4 is 27.4 Å². The largest absolute Gasteiger partial charge is 0.497 e. The molecule has 3 rings (SSSR count). The van der Waals surface area contributed by atoms with Crippen molar-refractivity contribution in [2.24, 2.45) is 0 Å². The van der Waals surface area contributed by atoms with Gasteiger partial charge in [-0.25, -0.2) is 0 Å². The molecule has 0 aliphatic rings. The van der Waals surface area contributed by atoms with E-state index in [9.17, 15) is 0 Å². The first-order valence-corrected chi connectivity index (χ1v) is 11.2. The number of anilines is 2. The first-order chi connectivity index (χ1) is 14.2. The van der Waals surface area contributed by atoms with Crippen molar-refractivity contribution in [2.45, 2.75) is 39.2 Å². The molecule has 0 spiro atoms. The minimum atomic E-state index is 0.299. The van der Waals surface area contributed by atoms with Crippen molar-refractivity contribution in [3.05, 3.63) is 66.2 Å². The van der Waals surface area contributed by atoms with E-state index in [1.54, 1.807) is 7.11 Å². The van der Waals surface area contributed by atoms with E-state index in [0.717, 1.165) is 53.1 Å². The molecule has 1 atom stereocenters. The first kappa shape index (κ1) is 21.3. The fourth-order valence-electron chi connectivity index (χ4n) is 3.38. The number of aromatic nitrogens is 2. The minimum absolute atomic E-state index is 0.299. The van der Waals surface area contributed by atoms with Crippen LogP contribution in [-0.4, -0.2) is 28.7 Å². The number of nitrogens with zero attached hydrogens (tertiary/aromatic N) is 3. The Kier molecular flexibility index (Phi) is 7.64. The number of halogens is 1. The van der Waals surface area contributed by atoms with E-state index in [4.69, 9.17) is 4.74 Å². The number of ether oxygens (including phenoxy) is 1. The zero-order valence-electron chi connectivity index (χ0n) is 17.3. The second kappa shape index (κ2) is 10.4. The molecule has 3 aromatic rings. The molecule has 0 radical (unpaired) electrons. The predicted octanol–water partition coefficient (Wildman–Crippen LogP) is 6.42. The second-order valence-corrected chi connectivity index (χ2v) is 7.91. The molecule has 0 fully saturated rings. The smallest absolute Gasteiger partial charge is 0.155 e. The maximum atomic E-state index is 5.23. The van der Waals surface area contributed by atoms with Gasteiger partial charge in [-0.1, -0.05) is 41.4 Å². The van der Waals surface area contributed by atoms with Crippen LogP contribution in [0, 0.1) is 0 Å². The van der Waals surface area contributed by atoms with Crippen LogP contribution in [0.1, 0.15) is 32.3 Å². The molecular formula is C24H28BrN3O. The van der Waals surface area contributed by atoms with Crippen LogP contribution in [0.5, 0.6) is 5.75 Å². The van der Waals surface area contributed by atoms with Crippen LogP contribution in [0.2, 0.25) is 0 Å². The Bertz CT molecular complexity index is 880. The van der Waals surface area contributed by atoms with Gasteiger partial charge < -0.3 is 9.64 Å². The predicted molar refractivity (Wildman–Crippen MR) is 124 cm³/mol. The Morgan fingerprint density at radius 1 is 0.966 bits per heavy atom. The Morgan fingerprint density at radius 2 is 1.69 bits per heavy atom. The van der Waals surface area contributed by atoms with Gasteiger partial charge in [0.15, 0.2) is 5.82 Å². The lowest BCUT2D eigenvalue weighted by atomic mass is 10.1. The molecule has 2 aromatic carbocycles. The van der Waals surface area contributed by atoms with Gasteiger partial charge in [-0.3, -0.25) is 0 Å².